The van der Waals surface area contributed by atoms with Gasteiger partial charge in [0.1, 0.15) is 5.75 Å². The second-order valence-electron chi connectivity index (χ2n) is 4.02. The average Bonchev–Trinajstić information content (AvgIpc) is 2.81. The fourth-order valence-electron chi connectivity index (χ4n) is 1.52. The highest BCUT2D eigenvalue weighted by Crippen LogP contribution is 2.19. The number of rotatable bonds is 5. The molecular formula is C14H14INO2S. The molecule has 1 N–H and O–H groups in total. The van der Waals surface area contributed by atoms with Crippen LogP contribution in [0.2, 0.25) is 0 Å². The van der Waals surface area contributed by atoms with Gasteiger partial charge in [0, 0.05) is 4.88 Å². The molecule has 0 aliphatic rings. The Kier molecular flexibility index (Phi) is 5.21. The van der Waals surface area contributed by atoms with Gasteiger partial charge in [0.15, 0.2) is 6.61 Å². The molecular weight excluding hydrogens is 373 g/mol. The van der Waals surface area contributed by atoms with Gasteiger partial charge in [0.2, 0.25) is 0 Å². The van der Waals surface area contributed by atoms with E-state index in [4.69, 9.17) is 4.74 Å². The highest BCUT2D eigenvalue weighted by Gasteiger charge is 2.06. The van der Waals surface area contributed by atoms with Crippen LogP contribution in [0, 0.1) is 10.5 Å². The number of aryl methyl sites for hydroxylation is 1. The molecule has 19 heavy (non-hydrogen) atoms. The Hall–Kier alpha value is -1.08. The molecule has 1 aromatic heterocycles. The third kappa shape index (κ3) is 4.21. The van der Waals surface area contributed by atoms with Crippen LogP contribution in [0.4, 0.5) is 0 Å². The molecule has 0 saturated heterocycles. The summed E-state index contributed by atoms with van der Waals surface area (Å²) in [5, 5.41) is 4.89. The van der Waals surface area contributed by atoms with Gasteiger partial charge in [-0.2, -0.15) is 0 Å². The van der Waals surface area contributed by atoms with Crippen molar-refractivity contribution in [1.29, 1.82) is 0 Å². The van der Waals surface area contributed by atoms with E-state index in [2.05, 4.69) is 34.0 Å². The summed E-state index contributed by atoms with van der Waals surface area (Å²) in [6, 6.07) is 9.69. The van der Waals surface area contributed by atoms with Crippen LogP contribution in [0.25, 0.3) is 0 Å². The number of carbonyl (C=O) groups is 1. The summed E-state index contributed by atoms with van der Waals surface area (Å²) in [4.78, 5) is 12.9. The molecule has 0 radical (unpaired) electrons. The lowest BCUT2D eigenvalue weighted by molar-refractivity contribution is -0.123. The number of hydrogen-bond donors (Lipinski definition) is 1. The molecule has 0 unspecified atom stereocenters. The van der Waals surface area contributed by atoms with Crippen LogP contribution in [0.1, 0.15) is 10.4 Å². The third-order valence-corrected chi connectivity index (χ3v) is 4.52. The lowest BCUT2D eigenvalue weighted by Crippen LogP contribution is -2.28. The van der Waals surface area contributed by atoms with Gasteiger partial charge >= 0.3 is 0 Å². The summed E-state index contributed by atoms with van der Waals surface area (Å²) in [6.45, 7) is 2.66. The maximum absolute atomic E-state index is 11.7. The van der Waals surface area contributed by atoms with Crippen LogP contribution >= 0.6 is 33.9 Å². The van der Waals surface area contributed by atoms with Crippen LogP contribution < -0.4 is 10.1 Å². The Morgan fingerprint density at radius 3 is 2.84 bits per heavy atom. The Balaban J connectivity index is 1.79. The molecule has 1 aromatic carbocycles. The van der Waals surface area contributed by atoms with Crippen LogP contribution in [0.5, 0.6) is 5.75 Å². The van der Waals surface area contributed by atoms with Gasteiger partial charge in [-0.3, -0.25) is 4.79 Å². The average molecular weight is 387 g/mol. The number of amides is 1. The first-order valence-electron chi connectivity index (χ1n) is 5.84. The molecule has 1 amide bonds. The molecule has 0 atom stereocenters. The van der Waals surface area contributed by atoms with E-state index in [1.54, 1.807) is 11.3 Å². The first-order chi connectivity index (χ1) is 9.16. The first kappa shape index (κ1) is 14.3. The van der Waals surface area contributed by atoms with E-state index < -0.39 is 0 Å². The van der Waals surface area contributed by atoms with E-state index in [-0.39, 0.29) is 12.5 Å². The zero-order valence-corrected chi connectivity index (χ0v) is 13.5. The lowest BCUT2D eigenvalue weighted by atomic mass is 10.3. The second kappa shape index (κ2) is 6.91. The minimum absolute atomic E-state index is 0.0461. The molecule has 100 valence electrons. The summed E-state index contributed by atoms with van der Waals surface area (Å²) in [5.74, 6) is 0.637. The number of thiophene rings is 1. The quantitative estimate of drug-likeness (QED) is 0.800. The van der Waals surface area contributed by atoms with Crippen LogP contribution in [-0.4, -0.2) is 12.5 Å². The Bertz CT molecular complexity index is 568. The van der Waals surface area contributed by atoms with Crippen molar-refractivity contribution >= 4 is 39.8 Å². The maximum atomic E-state index is 11.7. The van der Waals surface area contributed by atoms with Crippen molar-refractivity contribution in [2.75, 3.05) is 6.61 Å². The van der Waals surface area contributed by atoms with Gasteiger partial charge in [0.05, 0.1) is 10.1 Å². The van der Waals surface area contributed by atoms with E-state index in [1.807, 2.05) is 36.6 Å². The number of halogens is 1. The third-order valence-electron chi connectivity index (χ3n) is 2.61. The standard InChI is InChI=1S/C14H14INO2S/c1-10-6-7-19-13(10)8-16-14(17)9-18-12-5-3-2-4-11(12)15/h2-7H,8-9H2,1H3,(H,16,17). The maximum Gasteiger partial charge on any atom is 0.258 e. The topological polar surface area (TPSA) is 38.3 Å². The van der Waals surface area contributed by atoms with Gasteiger partial charge in [-0.25, -0.2) is 0 Å². The first-order valence-corrected chi connectivity index (χ1v) is 7.79. The molecule has 5 heteroatoms. The predicted molar refractivity (Wildman–Crippen MR) is 85.6 cm³/mol. The summed E-state index contributed by atoms with van der Waals surface area (Å²) >= 11 is 3.84. The zero-order chi connectivity index (χ0) is 13.7. The van der Waals surface area contributed by atoms with Crippen LogP contribution in [-0.2, 0) is 11.3 Å². The largest absolute Gasteiger partial charge is 0.483 e. The van der Waals surface area contributed by atoms with E-state index in [9.17, 15) is 4.79 Å². The number of carbonyl (C=O) groups excluding carboxylic acids is 1. The number of para-hydroxylation sites is 1. The molecule has 0 bridgehead atoms. The van der Waals surface area contributed by atoms with Crippen molar-refractivity contribution in [3.8, 4) is 5.75 Å². The molecule has 0 aliphatic heterocycles. The Morgan fingerprint density at radius 1 is 1.37 bits per heavy atom. The number of benzene rings is 1. The molecule has 0 saturated carbocycles. The fraction of sp³-hybridized carbons (Fsp3) is 0.214. The van der Waals surface area contributed by atoms with Crippen LogP contribution in [0.3, 0.4) is 0 Å². The number of hydrogen-bond acceptors (Lipinski definition) is 3. The molecule has 3 nitrogen and oxygen atoms in total. The molecule has 0 spiro atoms. The fourth-order valence-corrected chi connectivity index (χ4v) is 2.91. The van der Waals surface area contributed by atoms with E-state index in [0.29, 0.717) is 6.54 Å². The van der Waals surface area contributed by atoms with Crippen molar-refractivity contribution in [2.45, 2.75) is 13.5 Å². The Labute approximate surface area is 130 Å². The monoisotopic (exact) mass is 387 g/mol. The predicted octanol–water partition coefficient (Wildman–Crippen LogP) is 3.36. The van der Waals surface area contributed by atoms with Crippen molar-refractivity contribution in [3.05, 3.63) is 49.7 Å². The van der Waals surface area contributed by atoms with Gasteiger partial charge in [-0.05, 0) is 58.7 Å². The summed E-state index contributed by atoms with van der Waals surface area (Å²) in [5.41, 5.74) is 1.21. The van der Waals surface area contributed by atoms with Crippen LogP contribution in [0.15, 0.2) is 35.7 Å². The highest BCUT2D eigenvalue weighted by atomic mass is 127. The van der Waals surface area contributed by atoms with Gasteiger partial charge in [-0.1, -0.05) is 12.1 Å². The summed E-state index contributed by atoms with van der Waals surface area (Å²) in [7, 11) is 0. The van der Waals surface area contributed by atoms with E-state index in [0.717, 1.165) is 9.32 Å². The van der Waals surface area contributed by atoms with Crippen molar-refractivity contribution < 1.29 is 9.53 Å². The minimum Gasteiger partial charge on any atom is -0.483 e. The molecule has 0 fully saturated rings. The molecule has 2 rings (SSSR count). The van der Waals surface area contributed by atoms with E-state index >= 15 is 0 Å². The van der Waals surface area contributed by atoms with Gasteiger partial charge < -0.3 is 10.1 Å². The van der Waals surface area contributed by atoms with Crippen molar-refractivity contribution in [1.82, 2.24) is 5.32 Å². The van der Waals surface area contributed by atoms with Gasteiger partial charge in [-0.15, -0.1) is 11.3 Å². The van der Waals surface area contributed by atoms with E-state index in [1.165, 1.54) is 10.4 Å². The number of nitrogens with one attached hydrogen (secondary N) is 1. The SMILES string of the molecule is Cc1ccsc1CNC(=O)COc1ccccc1I. The second-order valence-corrected chi connectivity index (χ2v) is 6.19. The normalized spacial score (nSPS) is 10.2. The molecule has 0 aliphatic carbocycles. The highest BCUT2D eigenvalue weighted by molar-refractivity contribution is 14.1. The molecule has 2 aromatic rings. The summed E-state index contributed by atoms with van der Waals surface area (Å²) in [6.07, 6.45) is 0. The molecule has 1 heterocycles. The Morgan fingerprint density at radius 2 is 2.16 bits per heavy atom. The minimum atomic E-state index is -0.104. The van der Waals surface area contributed by atoms with Crippen molar-refractivity contribution in [3.63, 3.8) is 0 Å². The number of ether oxygens (including phenoxy) is 1. The van der Waals surface area contributed by atoms with Crippen molar-refractivity contribution in [2.24, 2.45) is 0 Å². The lowest BCUT2D eigenvalue weighted by Gasteiger charge is -2.08. The summed E-state index contributed by atoms with van der Waals surface area (Å²) < 4.78 is 6.48. The van der Waals surface area contributed by atoms with Gasteiger partial charge in [0.25, 0.3) is 5.91 Å². The zero-order valence-electron chi connectivity index (χ0n) is 10.5. The smallest absolute Gasteiger partial charge is 0.258 e.